The molecular formula is C17H21ClN4O. The third kappa shape index (κ3) is 3.47. The van der Waals surface area contributed by atoms with Crippen LogP contribution in [0.5, 0.6) is 0 Å². The van der Waals surface area contributed by atoms with Crippen molar-refractivity contribution in [1.82, 2.24) is 20.3 Å². The minimum atomic E-state index is 0.0862. The van der Waals surface area contributed by atoms with E-state index in [1.54, 1.807) is 0 Å². The van der Waals surface area contributed by atoms with Gasteiger partial charge in [0, 0.05) is 23.6 Å². The van der Waals surface area contributed by atoms with Crippen LogP contribution in [0.1, 0.15) is 30.8 Å². The molecular weight excluding hydrogens is 312 g/mol. The summed E-state index contributed by atoms with van der Waals surface area (Å²) < 4.78 is 1.82. The molecule has 2 N–H and O–H groups in total. The van der Waals surface area contributed by atoms with Crippen molar-refractivity contribution in [3.05, 3.63) is 52.8 Å². The maximum absolute atomic E-state index is 9.21. The molecule has 0 unspecified atom stereocenters. The Balaban J connectivity index is 1.74. The van der Waals surface area contributed by atoms with Crippen molar-refractivity contribution < 1.29 is 5.11 Å². The molecule has 0 radical (unpaired) electrons. The van der Waals surface area contributed by atoms with Crippen molar-refractivity contribution in [3.8, 4) is 5.69 Å². The van der Waals surface area contributed by atoms with Gasteiger partial charge in [0.15, 0.2) is 0 Å². The Hall–Kier alpha value is -1.69. The van der Waals surface area contributed by atoms with Crippen molar-refractivity contribution in [2.24, 2.45) is 5.92 Å². The van der Waals surface area contributed by atoms with E-state index < -0.39 is 0 Å². The third-order valence-electron chi connectivity index (χ3n) is 4.28. The lowest BCUT2D eigenvalue weighted by atomic mass is 10.1. The Labute approximate surface area is 141 Å². The molecule has 1 aliphatic rings. The molecule has 1 aromatic heterocycles. The second-order valence-corrected chi connectivity index (χ2v) is 6.44. The monoisotopic (exact) mass is 332 g/mol. The first kappa shape index (κ1) is 16.2. The lowest BCUT2D eigenvalue weighted by Gasteiger charge is -2.18. The first-order valence-electron chi connectivity index (χ1n) is 7.82. The molecule has 0 spiro atoms. The quantitative estimate of drug-likeness (QED) is 0.826. The van der Waals surface area contributed by atoms with Crippen molar-refractivity contribution in [1.29, 1.82) is 0 Å². The van der Waals surface area contributed by atoms with Crippen molar-refractivity contribution in [3.63, 3.8) is 0 Å². The van der Waals surface area contributed by atoms with Crippen LogP contribution in [0.3, 0.4) is 0 Å². The summed E-state index contributed by atoms with van der Waals surface area (Å²) in [5, 5.41) is 22.1. The summed E-state index contributed by atoms with van der Waals surface area (Å²) in [6.07, 6.45) is 5.11. The number of benzene rings is 1. The summed E-state index contributed by atoms with van der Waals surface area (Å²) >= 11 is 5.93. The molecule has 1 heterocycles. The van der Waals surface area contributed by atoms with Crippen molar-refractivity contribution in [2.75, 3.05) is 6.61 Å². The van der Waals surface area contributed by atoms with Gasteiger partial charge in [-0.05, 0) is 44.5 Å². The third-order valence-corrected chi connectivity index (χ3v) is 4.53. The Morgan fingerprint density at radius 1 is 1.35 bits per heavy atom. The Kier molecular flexibility index (Phi) is 4.80. The number of aliphatic hydroxyl groups is 1. The van der Waals surface area contributed by atoms with Crippen LogP contribution in [0.25, 0.3) is 5.69 Å². The number of hydrogen-bond donors (Lipinski definition) is 2. The van der Waals surface area contributed by atoms with E-state index >= 15 is 0 Å². The molecule has 0 aliphatic heterocycles. The smallest absolute Gasteiger partial charge is 0.103 e. The van der Waals surface area contributed by atoms with E-state index in [0.717, 1.165) is 23.5 Å². The van der Waals surface area contributed by atoms with E-state index in [1.165, 1.54) is 0 Å². The van der Waals surface area contributed by atoms with Gasteiger partial charge < -0.3 is 10.4 Å². The highest BCUT2D eigenvalue weighted by atomic mass is 35.5. The molecule has 0 saturated heterocycles. The van der Waals surface area contributed by atoms with E-state index in [1.807, 2.05) is 35.9 Å². The molecule has 0 bridgehead atoms. The van der Waals surface area contributed by atoms with Gasteiger partial charge in [-0.1, -0.05) is 29.0 Å². The Morgan fingerprint density at radius 2 is 2.09 bits per heavy atom. The second kappa shape index (κ2) is 6.83. The highest BCUT2D eigenvalue weighted by Crippen LogP contribution is 2.23. The SMILES string of the molecule is Cc1c([C@H](C)N[C@@H]2C=C[C@H](CO)C2)nnn1-c1ccc(Cl)cc1. The van der Waals surface area contributed by atoms with Crippen LogP contribution >= 0.6 is 11.6 Å². The van der Waals surface area contributed by atoms with Gasteiger partial charge >= 0.3 is 0 Å². The molecule has 1 aromatic carbocycles. The minimum Gasteiger partial charge on any atom is -0.396 e. The van der Waals surface area contributed by atoms with Gasteiger partial charge in [0.25, 0.3) is 0 Å². The fourth-order valence-electron chi connectivity index (χ4n) is 3.00. The zero-order valence-corrected chi connectivity index (χ0v) is 14.0. The highest BCUT2D eigenvalue weighted by Gasteiger charge is 2.22. The van der Waals surface area contributed by atoms with Gasteiger partial charge in [0.1, 0.15) is 5.69 Å². The van der Waals surface area contributed by atoms with Gasteiger partial charge in [-0.3, -0.25) is 0 Å². The van der Waals surface area contributed by atoms with Crippen LogP contribution in [-0.4, -0.2) is 32.7 Å². The van der Waals surface area contributed by atoms with Crippen molar-refractivity contribution in [2.45, 2.75) is 32.4 Å². The largest absolute Gasteiger partial charge is 0.396 e. The Morgan fingerprint density at radius 3 is 2.74 bits per heavy atom. The maximum Gasteiger partial charge on any atom is 0.103 e. The number of halogens is 1. The highest BCUT2D eigenvalue weighted by molar-refractivity contribution is 6.30. The molecule has 1 aliphatic carbocycles. The van der Waals surface area contributed by atoms with E-state index in [9.17, 15) is 5.11 Å². The summed E-state index contributed by atoms with van der Waals surface area (Å²) in [4.78, 5) is 0. The lowest BCUT2D eigenvalue weighted by molar-refractivity contribution is 0.245. The second-order valence-electron chi connectivity index (χ2n) is 6.01. The molecule has 3 atom stereocenters. The van der Waals surface area contributed by atoms with E-state index in [0.29, 0.717) is 5.02 Å². The number of nitrogens with zero attached hydrogens (tertiary/aromatic N) is 3. The van der Waals surface area contributed by atoms with Gasteiger partial charge in [-0.2, -0.15) is 0 Å². The van der Waals surface area contributed by atoms with E-state index in [-0.39, 0.29) is 24.6 Å². The van der Waals surface area contributed by atoms with Gasteiger partial charge in [0.05, 0.1) is 17.4 Å². The van der Waals surface area contributed by atoms with E-state index in [2.05, 4.69) is 34.7 Å². The predicted octanol–water partition coefficient (Wildman–Crippen LogP) is 2.82. The van der Waals surface area contributed by atoms with Crippen molar-refractivity contribution >= 4 is 11.6 Å². The van der Waals surface area contributed by atoms with Gasteiger partial charge in [-0.15, -0.1) is 5.10 Å². The number of nitrogens with one attached hydrogen (secondary N) is 1. The van der Waals surface area contributed by atoms with Crippen LogP contribution in [0.4, 0.5) is 0 Å². The minimum absolute atomic E-state index is 0.0862. The molecule has 23 heavy (non-hydrogen) atoms. The molecule has 0 fully saturated rings. The molecule has 3 rings (SSSR count). The fourth-order valence-corrected chi connectivity index (χ4v) is 3.13. The zero-order valence-electron chi connectivity index (χ0n) is 13.3. The number of hydrogen-bond acceptors (Lipinski definition) is 4. The molecule has 122 valence electrons. The average Bonchev–Trinajstić information content (AvgIpc) is 3.14. The summed E-state index contributed by atoms with van der Waals surface area (Å²) in [6, 6.07) is 7.90. The summed E-state index contributed by atoms with van der Waals surface area (Å²) in [5.74, 6) is 0.255. The Bertz CT molecular complexity index is 695. The van der Waals surface area contributed by atoms with Gasteiger partial charge in [-0.25, -0.2) is 4.68 Å². The number of rotatable bonds is 5. The number of aromatic nitrogens is 3. The summed E-state index contributed by atoms with van der Waals surface area (Å²) in [6.45, 7) is 4.31. The molecule has 5 nitrogen and oxygen atoms in total. The van der Waals surface area contributed by atoms with Gasteiger partial charge in [0.2, 0.25) is 0 Å². The summed E-state index contributed by atoms with van der Waals surface area (Å²) in [7, 11) is 0. The van der Waals surface area contributed by atoms with Crippen LogP contribution < -0.4 is 5.32 Å². The first-order valence-corrected chi connectivity index (χ1v) is 8.19. The van der Waals surface area contributed by atoms with Crippen LogP contribution in [0.15, 0.2) is 36.4 Å². The van der Waals surface area contributed by atoms with Crippen LogP contribution in [-0.2, 0) is 0 Å². The molecule has 6 heteroatoms. The number of aliphatic hydroxyl groups excluding tert-OH is 1. The predicted molar refractivity (Wildman–Crippen MR) is 90.8 cm³/mol. The molecule has 0 saturated carbocycles. The lowest BCUT2D eigenvalue weighted by Crippen LogP contribution is -2.30. The van der Waals surface area contributed by atoms with E-state index in [4.69, 9.17) is 11.6 Å². The first-order chi connectivity index (χ1) is 11.1. The maximum atomic E-state index is 9.21. The zero-order chi connectivity index (χ0) is 16.4. The van der Waals surface area contributed by atoms with Crippen LogP contribution in [0.2, 0.25) is 5.02 Å². The molecule has 0 amide bonds. The topological polar surface area (TPSA) is 63.0 Å². The van der Waals surface area contributed by atoms with Crippen LogP contribution in [0, 0.1) is 12.8 Å². The fraction of sp³-hybridized carbons (Fsp3) is 0.412. The normalized spacial score (nSPS) is 21.7. The average molecular weight is 333 g/mol. The molecule has 2 aromatic rings. The summed E-state index contributed by atoms with van der Waals surface area (Å²) in [5.41, 5.74) is 2.88. The standard InChI is InChI=1S/C17H21ClN4O/c1-11(19-15-6-3-13(9-15)10-23)17-12(2)22(21-20-17)16-7-4-14(18)5-8-16/h3-8,11,13,15,19,23H,9-10H2,1-2H3/t11-,13-,15+/m0/s1.